The van der Waals surface area contributed by atoms with Crippen LogP contribution in [0.1, 0.15) is 17.0 Å². The first-order valence-electron chi connectivity index (χ1n) is 8.02. The molecule has 1 aliphatic heterocycles. The average molecular weight is 441 g/mol. The Balaban J connectivity index is 2.10. The van der Waals surface area contributed by atoms with Crippen LogP contribution in [0, 0.1) is 11.3 Å². The molecule has 0 spiro atoms. The molecule has 0 radical (unpaired) electrons. The first-order chi connectivity index (χ1) is 13.0. The summed E-state index contributed by atoms with van der Waals surface area (Å²) < 4.78 is 12.5. The molecule has 0 amide bonds. The van der Waals surface area contributed by atoms with Crippen LogP contribution in [0.25, 0.3) is 10.1 Å². The van der Waals surface area contributed by atoms with Crippen LogP contribution in [-0.2, 0) is 0 Å². The van der Waals surface area contributed by atoms with E-state index >= 15 is 0 Å². The van der Waals surface area contributed by atoms with Gasteiger partial charge in [-0.15, -0.1) is 0 Å². The van der Waals surface area contributed by atoms with Gasteiger partial charge in [0.15, 0.2) is 0 Å². The molecule has 0 saturated heterocycles. The van der Waals surface area contributed by atoms with Gasteiger partial charge in [-0.25, -0.2) is 0 Å². The van der Waals surface area contributed by atoms with Crippen LogP contribution in [0.15, 0.2) is 63.2 Å². The van der Waals surface area contributed by atoms with Gasteiger partial charge < -0.3 is 15.2 Å². The number of fused-ring (bicyclic) bond motifs is 3. The minimum absolute atomic E-state index is 0.00507. The van der Waals surface area contributed by atoms with Crippen molar-refractivity contribution in [2.24, 2.45) is 5.73 Å². The number of allylic oxidation sites excluding steroid dienone is 1. The molecule has 1 unspecified atom stereocenters. The topological polar surface area (TPSA) is 85.3 Å². The molecule has 3 aromatic rings. The predicted molar refractivity (Wildman–Crippen MR) is 108 cm³/mol. The standard InChI is InChI=1S/C20H13BrN2O3S/c1-25-10-6-7-14(21)12(8-10)16-13(9-22)19(23)26-18-11-4-2-3-5-15(11)27-20(24)17(16)18/h2-8,16H,23H2,1H3. The Morgan fingerprint density at radius 2 is 2.07 bits per heavy atom. The van der Waals surface area contributed by atoms with Gasteiger partial charge in [-0.3, -0.25) is 4.79 Å². The molecule has 0 bridgehead atoms. The van der Waals surface area contributed by atoms with Crippen molar-refractivity contribution in [2.75, 3.05) is 7.11 Å². The molecule has 1 atom stereocenters. The molecule has 2 aromatic carbocycles. The maximum Gasteiger partial charge on any atom is 0.240 e. The van der Waals surface area contributed by atoms with E-state index in [9.17, 15) is 10.1 Å². The summed E-state index contributed by atoms with van der Waals surface area (Å²) in [4.78, 5) is 13.0. The van der Waals surface area contributed by atoms with Crippen molar-refractivity contribution in [1.82, 2.24) is 0 Å². The number of hydrogen-bond donors (Lipinski definition) is 1. The maximum atomic E-state index is 13.0. The molecule has 134 valence electrons. The molecule has 2 heterocycles. The third-order valence-corrected chi connectivity index (χ3v) is 6.19. The summed E-state index contributed by atoms with van der Waals surface area (Å²) in [5.74, 6) is 0.390. The minimum Gasteiger partial charge on any atom is -0.497 e. The van der Waals surface area contributed by atoms with Gasteiger partial charge in [0.25, 0.3) is 0 Å². The highest BCUT2D eigenvalue weighted by atomic mass is 79.9. The van der Waals surface area contributed by atoms with E-state index in [1.165, 1.54) is 0 Å². The Kier molecular flexibility index (Phi) is 4.38. The smallest absolute Gasteiger partial charge is 0.240 e. The lowest BCUT2D eigenvalue weighted by Gasteiger charge is -2.27. The van der Waals surface area contributed by atoms with Crippen LogP contribution >= 0.6 is 27.3 Å². The van der Waals surface area contributed by atoms with Gasteiger partial charge in [0.05, 0.1) is 18.6 Å². The van der Waals surface area contributed by atoms with E-state index in [1.807, 2.05) is 30.3 Å². The molecule has 4 rings (SSSR count). The first-order valence-corrected chi connectivity index (χ1v) is 9.63. The summed E-state index contributed by atoms with van der Waals surface area (Å²) >= 11 is 4.66. The fraction of sp³-hybridized carbons (Fsp3) is 0.100. The Morgan fingerprint density at radius 1 is 1.30 bits per heavy atom. The zero-order valence-electron chi connectivity index (χ0n) is 14.2. The summed E-state index contributed by atoms with van der Waals surface area (Å²) in [6.07, 6.45) is 0. The third kappa shape index (κ3) is 2.78. The Morgan fingerprint density at radius 3 is 2.81 bits per heavy atom. The van der Waals surface area contributed by atoms with Crippen molar-refractivity contribution in [3.63, 3.8) is 0 Å². The number of hydrogen-bond acceptors (Lipinski definition) is 6. The molecular weight excluding hydrogens is 428 g/mol. The highest BCUT2D eigenvalue weighted by Gasteiger charge is 2.35. The predicted octanol–water partition coefficient (Wildman–Crippen LogP) is 4.25. The zero-order valence-corrected chi connectivity index (χ0v) is 16.6. The van der Waals surface area contributed by atoms with Gasteiger partial charge in [0, 0.05) is 14.6 Å². The minimum atomic E-state index is -0.642. The molecular formula is C20H13BrN2O3S. The summed E-state index contributed by atoms with van der Waals surface area (Å²) in [6, 6.07) is 15.0. The number of nitrogens with zero attached hydrogens (tertiary/aromatic N) is 1. The number of halogens is 1. The Bertz CT molecular complexity index is 1210. The summed E-state index contributed by atoms with van der Waals surface area (Å²) in [5.41, 5.74) is 7.42. The van der Waals surface area contributed by atoms with E-state index in [0.29, 0.717) is 17.1 Å². The lowest BCUT2D eigenvalue weighted by atomic mass is 9.84. The monoisotopic (exact) mass is 440 g/mol. The Hall–Kier alpha value is -2.82. The molecule has 1 aliphatic rings. The molecule has 0 fully saturated rings. The summed E-state index contributed by atoms with van der Waals surface area (Å²) in [7, 11) is 1.56. The quantitative estimate of drug-likeness (QED) is 0.643. The van der Waals surface area contributed by atoms with Crippen LogP contribution in [-0.4, -0.2) is 7.11 Å². The van der Waals surface area contributed by atoms with Crippen molar-refractivity contribution in [1.29, 1.82) is 5.26 Å². The van der Waals surface area contributed by atoms with Crippen molar-refractivity contribution in [3.8, 4) is 17.6 Å². The summed E-state index contributed by atoms with van der Waals surface area (Å²) in [5, 5.41) is 10.5. The highest BCUT2D eigenvalue weighted by molar-refractivity contribution is 9.10. The van der Waals surface area contributed by atoms with E-state index in [1.54, 1.807) is 19.2 Å². The lowest BCUT2D eigenvalue weighted by molar-refractivity contribution is 0.397. The van der Waals surface area contributed by atoms with Gasteiger partial charge in [-0.05, 0) is 35.9 Å². The van der Waals surface area contributed by atoms with Crippen LogP contribution < -0.4 is 19.9 Å². The fourth-order valence-electron chi connectivity index (χ4n) is 3.25. The van der Waals surface area contributed by atoms with Crippen LogP contribution in [0.4, 0.5) is 0 Å². The lowest BCUT2D eigenvalue weighted by Crippen LogP contribution is -2.25. The van der Waals surface area contributed by atoms with E-state index in [4.69, 9.17) is 15.2 Å². The molecule has 27 heavy (non-hydrogen) atoms. The van der Waals surface area contributed by atoms with Gasteiger partial charge in [-0.2, -0.15) is 5.26 Å². The second-order valence-electron chi connectivity index (χ2n) is 5.94. The van der Waals surface area contributed by atoms with Crippen molar-refractivity contribution in [3.05, 3.63) is 79.1 Å². The molecule has 1 aromatic heterocycles. The zero-order chi connectivity index (χ0) is 19.1. The fourth-order valence-corrected chi connectivity index (χ4v) is 4.66. The largest absolute Gasteiger partial charge is 0.497 e. The van der Waals surface area contributed by atoms with E-state index < -0.39 is 5.92 Å². The third-order valence-electron chi connectivity index (χ3n) is 4.49. The number of benzene rings is 2. The number of rotatable bonds is 2. The Labute approximate surface area is 167 Å². The normalized spacial score (nSPS) is 15.8. The van der Waals surface area contributed by atoms with Gasteiger partial charge >= 0.3 is 0 Å². The second-order valence-corrected chi connectivity index (χ2v) is 7.81. The van der Waals surface area contributed by atoms with Crippen LogP contribution in [0.2, 0.25) is 0 Å². The number of nitrogens with two attached hydrogens (primary N) is 1. The van der Waals surface area contributed by atoms with Crippen molar-refractivity contribution >= 4 is 37.4 Å². The van der Waals surface area contributed by atoms with Gasteiger partial charge in [0.2, 0.25) is 10.6 Å². The number of methoxy groups -OCH3 is 1. The van der Waals surface area contributed by atoms with Gasteiger partial charge in [0.1, 0.15) is 23.1 Å². The van der Waals surface area contributed by atoms with Crippen LogP contribution in [0.5, 0.6) is 11.5 Å². The SMILES string of the molecule is COc1ccc(Br)c(C2C(C#N)=C(N)Oc3c2c(=O)sc2ccccc32)c1. The van der Waals surface area contributed by atoms with E-state index in [0.717, 1.165) is 31.5 Å². The molecule has 5 nitrogen and oxygen atoms in total. The first kappa shape index (κ1) is 17.6. The molecule has 7 heteroatoms. The van der Waals surface area contributed by atoms with Crippen molar-refractivity contribution in [2.45, 2.75) is 5.92 Å². The van der Waals surface area contributed by atoms with Crippen molar-refractivity contribution < 1.29 is 9.47 Å². The highest BCUT2D eigenvalue weighted by Crippen LogP contribution is 2.46. The average Bonchev–Trinajstić information content (AvgIpc) is 2.67. The van der Waals surface area contributed by atoms with Gasteiger partial charge in [-0.1, -0.05) is 39.4 Å². The number of nitriles is 1. The maximum absolute atomic E-state index is 13.0. The summed E-state index contributed by atoms with van der Waals surface area (Å²) in [6.45, 7) is 0. The molecule has 0 aliphatic carbocycles. The van der Waals surface area contributed by atoms with Crippen LogP contribution in [0.3, 0.4) is 0 Å². The van der Waals surface area contributed by atoms with E-state index in [-0.39, 0.29) is 16.2 Å². The number of ether oxygens (including phenoxy) is 2. The second kappa shape index (κ2) is 6.72. The molecule has 2 N–H and O–H groups in total. The van der Waals surface area contributed by atoms with E-state index in [2.05, 4.69) is 22.0 Å². The molecule has 0 saturated carbocycles.